The van der Waals surface area contributed by atoms with Gasteiger partial charge in [0, 0.05) is 18.3 Å². The van der Waals surface area contributed by atoms with Crippen molar-refractivity contribution in [1.29, 1.82) is 0 Å². The average molecular weight is 226 g/mol. The summed E-state index contributed by atoms with van der Waals surface area (Å²) in [6.07, 6.45) is 2.56. The fourth-order valence-electron chi connectivity index (χ4n) is 2.84. The predicted octanol–water partition coefficient (Wildman–Crippen LogP) is 1.85. The summed E-state index contributed by atoms with van der Waals surface area (Å²) in [7, 11) is 0. The summed E-state index contributed by atoms with van der Waals surface area (Å²) in [4.78, 5) is 12.1. The molecule has 1 N–H and O–H groups in total. The van der Waals surface area contributed by atoms with Gasteiger partial charge in [0.25, 0.3) is 5.70 Å². The Morgan fingerprint density at radius 3 is 2.56 bits per heavy atom. The predicted molar refractivity (Wildman–Crippen MR) is 59.0 cm³/mol. The molecule has 0 aromatic carbocycles. The van der Waals surface area contributed by atoms with Gasteiger partial charge in [-0.3, -0.25) is 0 Å². The van der Waals surface area contributed by atoms with Crippen LogP contribution >= 0.6 is 0 Å². The Kier molecular flexibility index (Phi) is 2.36. The van der Waals surface area contributed by atoms with Crippen LogP contribution in [0.15, 0.2) is 11.4 Å². The Bertz CT molecular complexity index is 379. The molecule has 0 unspecified atom stereocenters. The van der Waals surface area contributed by atoms with Gasteiger partial charge in [-0.1, -0.05) is 6.42 Å². The SMILES string of the molecule is CC1=C(C)[N+](=O)[C@@]2(O)CCCC[C@@]2(C)N1[O-]. The summed E-state index contributed by atoms with van der Waals surface area (Å²) in [5.74, 6) is 0. The van der Waals surface area contributed by atoms with Crippen molar-refractivity contribution in [3.05, 3.63) is 21.5 Å². The van der Waals surface area contributed by atoms with Crippen LogP contribution in [-0.2, 0) is 0 Å². The largest absolute Gasteiger partial charge is 0.758 e. The number of fused-ring (bicyclic) bond motifs is 1. The molecule has 5 heteroatoms. The van der Waals surface area contributed by atoms with Crippen molar-refractivity contribution in [2.75, 3.05) is 0 Å². The van der Waals surface area contributed by atoms with E-state index in [0.717, 1.165) is 17.9 Å². The molecule has 1 aliphatic heterocycles. The molecule has 1 saturated carbocycles. The minimum absolute atomic E-state index is 0.317. The highest BCUT2D eigenvalue weighted by Gasteiger charge is 2.65. The highest BCUT2D eigenvalue weighted by molar-refractivity contribution is 5.17. The number of rotatable bonds is 0. The van der Waals surface area contributed by atoms with Crippen LogP contribution in [0.25, 0.3) is 0 Å². The number of hydrogen-bond donors (Lipinski definition) is 1. The molecule has 0 bridgehead atoms. The van der Waals surface area contributed by atoms with E-state index >= 15 is 0 Å². The first-order valence-corrected chi connectivity index (χ1v) is 5.69. The van der Waals surface area contributed by atoms with E-state index in [4.69, 9.17) is 0 Å². The minimum atomic E-state index is -1.57. The van der Waals surface area contributed by atoms with Crippen molar-refractivity contribution in [3.8, 4) is 0 Å². The van der Waals surface area contributed by atoms with Gasteiger partial charge in [0.05, 0.1) is 10.5 Å². The lowest BCUT2D eigenvalue weighted by Crippen LogP contribution is -2.69. The van der Waals surface area contributed by atoms with Crippen molar-refractivity contribution in [2.24, 2.45) is 0 Å². The van der Waals surface area contributed by atoms with Crippen LogP contribution in [0, 0.1) is 10.1 Å². The van der Waals surface area contributed by atoms with Crippen molar-refractivity contribution in [1.82, 2.24) is 5.06 Å². The second-order valence-electron chi connectivity index (χ2n) is 5.06. The Balaban J connectivity index is 2.59. The number of aliphatic hydroxyl groups is 1. The molecule has 5 nitrogen and oxygen atoms in total. The van der Waals surface area contributed by atoms with Gasteiger partial charge in [-0.25, -0.2) is 0 Å². The summed E-state index contributed by atoms with van der Waals surface area (Å²) in [6, 6.07) is 0. The van der Waals surface area contributed by atoms with Gasteiger partial charge < -0.3 is 15.4 Å². The molecule has 2 rings (SSSR count). The molecule has 1 heterocycles. The zero-order valence-electron chi connectivity index (χ0n) is 9.99. The number of allylic oxidation sites excluding steroid dienone is 2. The van der Waals surface area contributed by atoms with Gasteiger partial charge in [-0.2, -0.15) is 0 Å². The molecule has 0 saturated heterocycles. The quantitative estimate of drug-likeness (QED) is 0.640. The Hall–Kier alpha value is -0.940. The van der Waals surface area contributed by atoms with E-state index in [0.29, 0.717) is 29.0 Å². The Morgan fingerprint density at radius 1 is 1.38 bits per heavy atom. The van der Waals surface area contributed by atoms with Crippen LogP contribution in [0.4, 0.5) is 0 Å². The second kappa shape index (κ2) is 3.28. The van der Waals surface area contributed by atoms with Crippen molar-refractivity contribution in [3.63, 3.8) is 0 Å². The summed E-state index contributed by atoms with van der Waals surface area (Å²) < 4.78 is 0.635. The van der Waals surface area contributed by atoms with Crippen LogP contribution in [0.2, 0.25) is 0 Å². The van der Waals surface area contributed by atoms with E-state index in [1.807, 2.05) is 0 Å². The summed E-state index contributed by atoms with van der Waals surface area (Å²) in [5, 5.41) is 23.5. The standard InChI is InChI=1S/C11H18N2O3/c1-8-9(2)13(16)11(14)7-5-4-6-10(11,3)12(8)15/h14H,4-7H2,1-3H3/t10-,11-/m1/s1. The average Bonchev–Trinajstić information content (AvgIpc) is 2.27. The molecule has 2 atom stereocenters. The topological polar surface area (TPSA) is 66.6 Å². The third-order valence-corrected chi connectivity index (χ3v) is 4.22. The molecule has 2 aliphatic rings. The maximum atomic E-state index is 12.2. The molecule has 90 valence electrons. The number of hydroxylamine groups is 2. The maximum Gasteiger partial charge on any atom is 0.340 e. The third kappa shape index (κ3) is 1.13. The smallest absolute Gasteiger partial charge is 0.340 e. The highest BCUT2D eigenvalue weighted by atomic mass is 16.5. The lowest BCUT2D eigenvalue weighted by molar-refractivity contribution is -0.667. The molecular weight excluding hydrogens is 208 g/mol. The van der Waals surface area contributed by atoms with Gasteiger partial charge in [0.1, 0.15) is 5.54 Å². The van der Waals surface area contributed by atoms with Crippen molar-refractivity contribution < 1.29 is 9.87 Å². The first kappa shape index (κ1) is 11.5. The van der Waals surface area contributed by atoms with Crippen LogP contribution in [0.1, 0.15) is 46.5 Å². The lowest BCUT2D eigenvalue weighted by atomic mass is 9.73. The Morgan fingerprint density at radius 2 is 1.94 bits per heavy atom. The molecule has 0 aromatic heterocycles. The van der Waals surface area contributed by atoms with Gasteiger partial charge in [0.15, 0.2) is 0 Å². The summed E-state index contributed by atoms with van der Waals surface area (Å²) in [5.41, 5.74) is -1.87. The second-order valence-corrected chi connectivity index (χ2v) is 5.06. The van der Waals surface area contributed by atoms with E-state index in [1.165, 1.54) is 0 Å². The first-order valence-electron chi connectivity index (χ1n) is 5.69. The lowest BCUT2D eigenvalue weighted by Gasteiger charge is -2.55. The van der Waals surface area contributed by atoms with Gasteiger partial charge in [-0.05, 0) is 26.7 Å². The van der Waals surface area contributed by atoms with E-state index in [-0.39, 0.29) is 0 Å². The van der Waals surface area contributed by atoms with Crippen molar-refractivity contribution >= 4 is 0 Å². The fourth-order valence-corrected chi connectivity index (χ4v) is 2.84. The fraction of sp³-hybridized carbons (Fsp3) is 0.818. The molecular formula is C11H18N2O3. The van der Waals surface area contributed by atoms with E-state index in [1.54, 1.807) is 20.8 Å². The molecule has 16 heavy (non-hydrogen) atoms. The van der Waals surface area contributed by atoms with Gasteiger partial charge >= 0.3 is 5.72 Å². The summed E-state index contributed by atoms with van der Waals surface area (Å²) >= 11 is 0. The monoisotopic (exact) mass is 226 g/mol. The van der Waals surface area contributed by atoms with E-state index in [2.05, 4.69) is 0 Å². The first-order chi connectivity index (χ1) is 7.34. The number of nitrogens with zero attached hydrogens (tertiary/aromatic N) is 2. The zero-order chi connectivity index (χ0) is 12.1. The molecule has 1 aliphatic carbocycles. The molecule has 0 spiro atoms. The van der Waals surface area contributed by atoms with Crippen LogP contribution in [0.3, 0.4) is 0 Å². The van der Waals surface area contributed by atoms with Crippen LogP contribution in [-0.4, -0.2) is 26.2 Å². The molecule has 0 amide bonds. The molecule has 0 radical (unpaired) electrons. The maximum absolute atomic E-state index is 12.2. The Labute approximate surface area is 94.9 Å². The summed E-state index contributed by atoms with van der Waals surface area (Å²) in [6.45, 7) is 4.89. The third-order valence-electron chi connectivity index (χ3n) is 4.22. The number of nitroso groups, excluding NO2 is 1. The molecule has 1 fully saturated rings. The van der Waals surface area contributed by atoms with E-state index in [9.17, 15) is 15.2 Å². The van der Waals surface area contributed by atoms with Gasteiger partial charge in [0.2, 0.25) is 0 Å². The zero-order valence-corrected chi connectivity index (χ0v) is 9.99. The normalized spacial score (nSPS) is 40.1. The highest BCUT2D eigenvalue weighted by Crippen LogP contribution is 2.47. The van der Waals surface area contributed by atoms with Crippen LogP contribution < -0.4 is 0 Å². The van der Waals surface area contributed by atoms with Gasteiger partial charge in [-0.15, -0.1) is 0 Å². The van der Waals surface area contributed by atoms with Crippen molar-refractivity contribution in [2.45, 2.75) is 57.7 Å². The van der Waals surface area contributed by atoms with E-state index < -0.39 is 11.3 Å². The minimum Gasteiger partial charge on any atom is -0.758 e. The number of hydrogen-bond acceptors (Lipinski definition) is 4. The molecule has 0 aromatic rings. The van der Waals surface area contributed by atoms with Crippen LogP contribution in [0.5, 0.6) is 0 Å².